The van der Waals surface area contributed by atoms with Gasteiger partial charge in [-0.3, -0.25) is 4.90 Å². The molecule has 0 amide bonds. The van der Waals surface area contributed by atoms with E-state index in [1.807, 2.05) is 0 Å². The number of rotatable bonds is 2. The molecule has 2 aliphatic rings. The normalized spacial score (nSPS) is 30.7. The Bertz CT molecular complexity index is 330. The average molecular weight is 202 g/mol. The van der Waals surface area contributed by atoms with Gasteiger partial charge in [0.2, 0.25) is 0 Å². The zero-order chi connectivity index (χ0) is 10.1. The van der Waals surface area contributed by atoms with Crippen molar-refractivity contribution in [3.8, 4) is 0 Å². The highest BCUT2D eigenvalue weighted by molar-refractivity contribution is 5.15. The van der Waals surface area contributed by atoms with Crippen LogP contribution >= 0.6 is 0 Å². The van der Waals surface area contributed by atoms with Crippen LogP contribution in [-0.4, -0.2) is 30.1 Å². The van der Waals surface area contributed by atoms with E-state index in [2.05, 4.69) is 40.5 Å². The minimum Gasteiger partial charge on any atom is -0.310 e. The van der Waals surface area contributed by atoms with Gasteiger partial charge in [0, 0.05) is 25.2 Å². The van der Waals surface area contributed by atoms with Gasteiger partial charge in [-0.2, -0.15) is 0 Å². The maximum absolute atomic E-state index is 3.59. The summed E-state index contributed by atoms with van der Waals surface area (Å²) < 4.78 is 0. The Morgan fingerprint density at radius 2 is 2.00 bits per heavy atom. The van der Waals surface area contributed by atoms with Crippen LogP contribution in [0.2, 0.25) is 0 Å². The van der Waals surface area contributed by atoms with E-state index < -0.39 is 0 Å². The van der Waals surface area contributed by atoms with Gasteiger partial charge < -0.3 is 5.32 Å². The van der Waals surface area contributed by atoms with E-state index >= 15 is 0 Å². The third kappa shape index (κ3) is 1.80. The first-order valence-corrected chi connectivity index (χ1v) is 5.88. The van der Waals surface area contributed by atoms with E-state index in [1.54, 1.807) is 0 Å². The third-order valence-corrected chi connectivity index (χ3v) is 3.79. The molecule has 2 nitrogen and oxygen atoms in total. The molecule has 0 bridgehead atoms. The minimum atomic E-state index is 0.495. The molecule has 2 saturated heterocycles. The van der Waals surface area contributed by atoms with Crippen molar-refractivity contribution in [2.24, 2.45) is 0 Å². The van der Waals surface area contributed by atoms with Crippen LogP contribution in [0, 0.1) is 0 Å². The van der Waals surface area contributed by atoms with Crippen LogP contribution < -0.4 is 5.32 Å². The molecule has 0 aliphatic carbocycles. The van der Waals surface area contributed by atoms with Gasteiger partial charge in [0.1, 0.15) is 0 Å². The van der Waals surface area contributed by atoms with Crippen molar-refractivity contribution in [3.63, 3.8) is 0 Å². The summed E-state index contributed by atoms with van der Waals surface area (Å²) in [6.45, 7) is 4.83. The molecular formula is C13H18N2. The molecular weight excluding hydrogens is 184 g/mol. The summed E-state index contributed by atoms with van der Waals surface area (Å²) >= 11 is 0. The smallest absolute Gasteiger partial charge is 0.0333 e. The Morgan fingerprint density at radius 1 is 1.20 bits per heavy atom. The number of hydrogen-bond donors (Lipinski definition) is 1. The lowest BCUT2D eigenvalue weighted by Crippen LogP contribution is -2.58. The van der Waals surface area contributed by atoms with Crippen LogP contribution in [0.4, 0.5) is 0 Å². The summed E-state index contributed by atoms with van der Waals surface area (Å²) in [5, 5.41) is 3.59. The number of likely N-dealkylation sites (tertiary alicyclic amines) is 1. The third-order valence-electron chi connectivity index (χ3n) is 3.79. The Morgan fingerprint density at radius 3 is 2.60 bits per heavy atom. The molecule has 15 heavy (non-hydrogen) atoms. The van der Waals surface area contributed by atoms with E-state index in [-0.39, 0.29) is 0 Å². The van der Waals surface area contributed by atoms with E-state index in [0.29, 0.717) is 5.54 Å². The van der Waals surface area contributed by atoms with E-state index in [1.165, 1.54) is 38.0 Å². The minimum absolute atomic E-state index is 0.495. The molecule has 2 heterocycles. The molecule has 1 spiro atoms. The monoisotopic (exact) mass is 202 g/mol. The second-order valence-electron chi connectivity index (χ2n) is 4.90. The lowest BCUT2D eigenvalue weighted by Gasteiger charge is -2.40. The highest BCUT2D eigenvalue weighted by Gasteiger charge is 2.42. The molecule has 1 atom stereocenters. The van der Waals surface area contributed by atoms with E-state index in [4.69, 9.17) is 0 Å². The topological polar surface area (TPSA) is 15.3 Å². The molecule has 1 N–H and O–H groups in total. The SMILES string of the molecule is c1ccc(CN2CC[C@]3(CCN3)C2)cc1. The Labute approximate surface area is 91.3 Å². The van der Waals surface area contributed by atoms with Gasteiger partial charge in [0.15, 0.2) is 0 Å². The molecule has 2 fully saturated rings. The van der Waals surface area contributed by atoms with Crippen LogP contribution in [0.3, 0.4) is 0 Å². The van der Waals surface area contributed by atoms with Crippen LogP contribution in [0.1, 0.15) is 18.4 Å². The summed E-state index contributed by atoms with van der Waals surface area (Å²) in [6.07, 6.45) is 2.71. The second kappa shape index (κ2) is 3.62. The number of hydrogen-bond acceptors (Lipinski definition) is 2. The van der Waals surface area contributed by atoms with Crippen LogP contribution in [0.5, 0.6) is 0 Å². The number of benzene rings is 1. The molecule has 0 radical (unpaired) electrons. The molecule has 0 aromatic heterocycles. The van der Waals surface area contributed by atoms with Crippen molar-refractivity contribution in [1.82, 2.24) is 10.2 Å². The predicted octanol–water partition coefficient (Wildman–Crippen LogP) is 1.62. The van der Waals surface area contributed by atoms with Crippen LogP contribution in [0.25, 0.3) is 0 Å². The fourth-order valence-electron chi connectivity index (χ4n) is 2.76. The molecule has 1 aromatic rings. The quantitative estimate of drug-likeness (QED) is 0.784. The first kappa shape index (κ1) is 9.37. The molecule has 3 rings (SSSR count). The van der Waals surface area contributed by atoms with Gasteiger partial charge in [0.25, 0.3) is 0 Å². The van der Waals surface area contributed by atoms with Gasteiger partial charge >= 0.3 is 0 Å². The summed E-state index contributed by atoms with van der Waals surface area (Å²) in [6, 6.07) is 10.8. The lowest BCUT2D eigenvalue weighted by molar-refractivity contribution is 0.199. The summed E-state index contributed by atoms with van der Waals surface area (Å²) in [5.41, 5.74) is 1.93. The van der Waals surface area contributed by atoms with Crippen molar-refractivity contribution < 1.29 is 0 Å². The highest BCUT2D eigenvalue weighted by atomic mass is 15.2. The zero-order valence-corrected chi connectivity index (χ0v) is 9.08. The summed E-state index contributed by atoms with van der Waals surface area (Å²) in [4.78, 5) is 2.57. The van der Waals surface area contributed by atoms with E-state index in [9.17, 15) is 0 Å². The number of nitrogens with one attached hydrogen (secondary N) is 1. The second-order valence-corrected chi connectivity index (χ2v) is 4.90. The fraction of sp³-hybridized carbons (Fsp3) is 0.538. The predicted molar refractivity (Wildman–Crippen MR) is 61.7 cm³/mol. The van der Waals surface area contributed by atoms with Gasteiger partial charge in [0.05, 0.1) is 0 Å². The maximum Gasteiger partial charge on any atom is 0.0333 e. The number of nitrogens with zero attached hydrogens (tertiary/aromatic N) is 1. The van der Waals surface area contributed by atoms with Crippen molar-refractivity contribution in [3.05, 3.63) is 35.9 Å². The molecule has 2 heteroatoms. The Balaban J connectivity index is 1.61. The maximum atomic E-state index is 3.59. The van der Waals surface area contributed by atoms with Gasteiger partial charge in [-0.15, -0.1) is 0 Å². The van der Waals surface area contributed by atoms with Gasteiger partial charge in [-0.05, 0) is 24.9 Å². The lowest BCUT2D eigenvalue weighted by atomic mass is 9.87. The first-order valence-electron chi connectivity index (χ1n) is 5.88. The highest BCUT2D eigenvalue weighted by Crippen LogP contribution is 2.30. The Kier molecular flexibility index (Phi) is 2.26. The fourth-order valence-corrected chi connectivity index (χ4v) is 2.76. The van der Waals surface area contributed by atoms with Crippen molar-refractivity contribution in [1.29, 1.82) is 0 Å². The molecule has 80 valence electrons. The standard InChI is InChI=1S/C13H18N2/c1-2-4-12(5-3-1)10-15-9-7-13(11-15)6-8-14-13/h1-5,14H,6-11H2/t13-/m1/s1. The molecule has 2 aliphatic heterocycles. The van der Waals surface area contributed by atoms with Gasteiger partial charge in [-0.1, -0.05) is 30.3 Å². The molecule has 1 aromatic carbocycles. The van der Waals surface area contributed by atoms with Crippen LogP contribution in [0.15, 0.2) is 30.3 Å². The summed E-state index contributed by atoms with van der Waals surface area (Å²) in [5.74, 6) is 0. The molecule has 0 saturated carbocycles. The van der Waals surface area contributed by atoms with Crippen molar-refractivity contribution in [2.75, 3.05) is 19.6 Å². The van der Waals surface area contributed by atoms with Crippen LogP contribution in [-0.2, 0) is 6.54 Å². The first-order chi connectivity index (χ1) is 7.36. The summed E-state index contributed by atoms with van der Waals surface area (Å²) in [7, 11) is 0. The average Bonchev–Trinajstić information content (AvgIpc) is 2.63. The van der Waals surface area contributed by atoms with Gasteiger partial charge in [-0.25, -0.2) is 0 Å². The van der Waals surface area contributed by atoms with Crippen molar-refractivity contribution in [2.45, 2.75) is 24.9 Å². The Hall–Kier alpha value is -0.860. The van der Waals surface area contributed by atoms with E-state index in [0.717, 1.165) is 6.54 Å². The molecule has 0 unspecified atom stereocenters. The van der Waals surface area contributed by atoms with Crippen molar-refractivity contribution >= 4 is 0 Å². The zero-order valence-electron chi connectivity index (χ0n) is 9.08. The largest absolute Gasteiger partial charge is 0.310 e.